The number of pyridine rings is 1. The molecule has 0 atom stereocenters. The standard InChI is InChI=1S/C7H9N3O/c1-2-7-6(8-4-1)3-5-9-10-11-7/h1-2,4,9-10H,3,5H2. The molecule has 1 aliphatic heterocycles. The molecule has 1 aromatic rings. The fourth-order valence-corrected chi connectivity index (χ4v) is 1.03. The lowest BCUT2D eigenvalue weighted by molar-refractivity contribution is 0.157. The van der Waals surface area contributed by atoms with Gasteiger partial charge in [0.05, 0.1) is 5.69 Å². The first-order valence-corrected chi connectivity index (χ1v) is 3.55. The molecule has 1 aliphatic rings. The highest BCUT2D eigenvalue weighted by molar-refractivity contribution is 5.27. The Morgan fingerprint density at radius 2 is 2.55 bits per heavy atom. The largest absolute Gasteiger partial charge is 0.392 e. The third-order valence-corrected chi connectivity index (χ3v) is 1.57. The Balaban J connectivity index is 2.33. The topological polar surface area (TPSA) is 46.2 Å². The van der Waals surface area contributed by atoms with E-state index >= 15 is 0 Å². The van der Waals surface area contributed by atoms with Gasteiger partial charge in [-0.3, -0.25) is 4.98 Å². The van der Waals surface area contributed by atoms with Crippen molar-refractivity contribution in [2.45, 2.75) is 6.42 Å². The zero-order valence-electron chi connectivity index (χ0n) is 6.00. The van der Waals surface area contributed by atoms with E-state index < -0.39 is 0 Å². The van der Waals surface area contributed by atoms with Crippen LogP contribution in [0.4, 0.5) is 0 Å². The molecule has 11 heavy (non-hydrogen) atoms. The van der Waals surface area contributed by atoms with Crippen LogP contribution < -0.4 is 15.9 Å². The second kappa shape index (κ2) is 2.86. The second-order valence-electron chi connectivity index (χ2n) is 2.33. The Bertz CT molecular complexity index is 226. The van der Waals surface area contributed by atoms with Gasteiger partial charge in [0.25, 0.3) is 0 Å². The molecular weight excluding hydrogens is 142 g/mol. The van der Waals surface area contributed by atoms with Crippen LogP contribution in [0.3, 0.4) is 0 Å². The summed E-state index contributed by atoms with van der Waals surface area (Å²) in [6.07, 6.45) is 2.66. The lowest BCUT2D eigenvalue weighted by Crippen LogP contribution is -2.33. The molecule has 0 saturated heterocycles. The molecule has 0 bridgehead atoms. The third-order valence-electron chi connectivity index (χ3n) is 1.57. The van der Waals surface area contributed by atoms with E-state index in [1.165, 1.54) is 0 Å². The summed E-state index contributed by atoms with van der Waals surface area (Å²) in [5, 5.41) is 0. The van der Waals surface area contributed by atoms with Crippen molar-refractivity contribution in [3.8, 4) is 5.75 Å². The molecule has 58 valence electrons. The summed E-state index contributed by atoms with van der Waals surface area (Å²) >= 11 is 0. The third kappa shape index (κ3) is 1.31. The van der Waals surface area contributed by atoms with Crippen molar-refractivity contribution in [2.75, 3.05) is 6.54 Å². The molecule has 0 fully saturated rings. The number of nitrogens with zero attached hydrogens (tertiary/aromatic N) is 1. The lowest BCUT2D eigenvalue weighted by Gasteiger charge is -2.02. The molecule has 4 heteroatoms. The van der Waals surface area contributed by atoms with E-state index in [-0.39, 0.29) is 0 Å². The van der Waals surface area contributed by atoms with Gasteiger partial charge in [-0.05, 0) is 12.1 Å². The maximum atomic E-state index is 5.12. The quantitative estimate of drug-likeness (QED) is 0.549. The normalized spacial score (nSPS) is 16.4. The van der Waals surface area contributed by atoms with E-state index in [1.807, 2.05) is 12.1 Å². The first kappa shape index (κ1) is 6.57. The van der Waals surface area contributed by atoms with Gasteiger partial charge >= 0.3 is 0 Å². The van der Waals surface area contributed by atoms with E-state index in [1.54, 1.807) is 6.20 Å². The highest BCUT2D eigenvalue weighted by atomic mass is 16.7. The average Bonchev–Trinajstić information content (AvgIpc) is 2.28. The zero-order valence-corrected chi connectivity index (χ0v) is 6.00. The molecule has 2 heterocycles. The SMILES string of the molecule is c1cnc2c(c1)ONNCC2. The Morgan fingerprint density at radius 3 is 3.55 bits per heavy atom. The fraction of sp³-hybridized carbons (Fsp3) is 0.286. The van der Waals surface area contributed by atoms with Crippen molar-refractivity contribution in [3.05, 3.63) is 24.0 Å². The van der Waals surface area contributed by atoms with Gasteiger partial charge in [-0.15, -0.1) is 0 Å². The lowest BCUT2D eigenvalue weighted by atomic mass is 10.2. The molecule has 0 saturated carbocycles. The minimum Gasteiger partial charge on any atom is -0.392 e. The van der Waals surface area contributed by atoms with Gasteiger partial charge in [-0.1, -0.05) is 5.59 Å². The predicted octanol–water partition coefficient (Wildman–Crippen LogP) is 0.0257. The van der Waals surface area contributed by atoms with Crippen LogP contribution in [0.25, 0.3) is 0 Å². The summed E-state index contributed by atoms with van der Waals surface area (Å²) in [7, 11) is 0. The number of hydrazine groups is 1. The van der Waals surface area contributed by atoms with Crippen LogP contribution in [0.15, 0.2) is 18.3 Å². The maximum Gasteiger partial charge on any atom is 0.170 e. The van der Waals surface area contributed by atoms with Crippen molar-refractivity contribution in [2.24, 2.45) is 0 Å². The molecular formula is C7H9N3O. The van der Waals surface area contributed by atoms with Gasteiger partial charge in [0, 0.05) is 19.2 Å². The van der Waals surface area contributed by atoms with E-state index in [0.717, 1.165) is 24.4 Å². The fourth-order valence-electron chi connectivity index (χ4n) is 1.03. The molecule has 0 aromatic carbocycles. The number of aromatic nitrogens is 1. The minimum atomic E-state index is 0.803. The minimum absolute atomic E-state index is 0.803. The Labute approximate surface area is 64.5 Å². The number of rotatable bonds is 0. The van der Waals surface area contributed by atoms with Crippen molar-refractivity contribution < 1.29 is 4.84 Å². The van der Waals surface area contributed by atoms with Crippen LogP contribution >= 0.6 is 0 Å². The number of fused-ring (bicyclic) bond motifs is 1. The maximum absolute atomic E-state index is 5.12. The molecule has 2 rings (SSSR count). The summed E-state index contributed by atoms with van der Waals surface area (Å²) in [6.45, 7) is 0.837. The molecule has 0 spiro atoms. The van der Waals surface area contributed by atoms with Crippen molar-refractivity contribution in [1.82, 2.24) is 16.0 Å². The smallest absolute Gasteiger partial charge is 0.170 e. The summed E-state index contributed by atoms with van der Waals surface area (Å²) < 4.78 is 0. The number of hydrogen-bond donors (Lipinski definition) is 2. The van der Waals surface area contributed by atoms with E-state index in [4.69, 9.17) is 4.84 Å². The summed E-state index contributed by atoms with van der Waals surface area (Å²) in [5.41, 5.74) is 6.49. The molecule has 0 amide bonds. The first-order chi connectivity index (χ1) is 5.47. The molecule has 0 aliphatic carbocycles. The van der Waals surface area contributed by atoms with Crippen LogP contribution in [0.1, 0.15) is 5.69 Å². The van der Waals surface area contributed by atoms with E-state index in [2.05, 4.69) is 16.0 Å². The van der Waals surface area contributed by atoms with Gasteiger partial charge < -0.3 is 4.84 Å². The van der Waals surface area contributed by atoms with Gasteiger partial charge in [-0.2, -0.15) is 0 Å². The molecule has 0 radical (unpaired) electrons. The summed E-state index contributed by atoms with van der Waals surface area (Å²) in [5.74, 6) is 0.803. The van der Waals surface area contributed by atoms with Gasteiger partial charge in [0.2, 0.25) is 0 Å². The highest BCUT2D eigenvalue weighted by Gasteiger charge is 2.07. The zero-order chi connectivity index (χ0) is 7.52. The Kier molecular flexibility index (Phi) is 1.71. The van der Waals surface area contributed by atoms with Crippen LogP contribution in [0, 0.1) is 0 Å². The Hall–Kier alpha value is -1.13. The second-order valence-corrected chi connectivity index (χ2v) is 2.33. The summed E-state index contributed by atoms with van der Waals surface area (Å²) in [4.78, 5) is 9.30. The highest BCUT2D eigenvalue weighted by Crippen LogP contribution is 2.15. The number of nitrogens with one attached hydrogen (secondary N) is 2. The Morgan fingerprint density at radius 1 is 1.55 bits per heavy atom. The molecule has 0 unspecified atom stereocenters. The predicted molar refractivity (Wildman–Crippen MR) is 39.7 cm³/mol. The van der Waals surface area contributed by atoms with Crippen molar-refractivity contribution >= 4 is 0 Å². The van der Waals surface area contributed by atoms with Crippen LogP contribution in [-0.2, 0) is 6.42 Å². The van der Waals surface area contributed by atoms with Crippen molar-refractivity contribution in [1.29, 1.82) is 0 Å². The van der Waals surface area contributed by atoms with Gasteiger partial charge in [0.15, 0.2) is 5.75 Å². The van der Waals surface area contributed by atoms with E-state index in [9.17, 15) is 0 Å². The van der Waals surface area contributed by atoms with Crippen LogP contribution in [0.5, 0.6) is 5.75 Å². The van der Waals surface area contributed by atoms with E-state index in [0.29, 0.717) is 0 Å². The molecule has 1 aromatic heterocycles. The van der Waals surface area contributed by atoms with Gasteiger partial charge in [0.1, 0.15) is 0 Å². The van der Waals surface area contributed by atoms with Crippen molar-refractivity contribution in [3.63, 3.8) is 0 Å². The molecule has 2 N–H and O–H groups in total. The van der Waals surface area contributed by atoms with Gasteiger partial charge in [-0.25, -0.2) is 5.43 Å². The van der Waals surface area contributed by atoms with Crippen LogP contribution in [-0.4, -0.2) is 11.5 Å². The van der Waals surface area contributed by atoms with Crippen LogP contribution in [0.2, 0.25) is 0 Å². The molecule has 4 nitrogen and oxygen atoms in total. The summed E-state index contributed by atoms with van der Waals surface area (Å²) in [6, 6.07) is 3.74. The first-order valence-electron chi connectivity index (χ1n) is 3.55. The number of hydrogen-bond acceptors (Lipinski definition) is 4. The average molecular weight is 151 g/mol. The monoisotopic (exact) mass is 151 g/mol.